The first-order chi connectivity index (χ1) is 4.56. The summed E-state index contributed by atoms with van der Waals surface area (Å²) in [7, 11) is -2.87. The van der Waals surface area contributed by atoms with Crippen LogP contribution in [0.15, 0.2) is 0 Å². The highest BCUT2D eigenvalue weighted by Gasteiger charge is 1.99. The van der Waals surface area contributed by atoms with Crippen molar-refractivity contribution in [3.8, 4) is 0 Å². The smallest absolute Gasteiger partial charge is 0.149 e. The molecule has 0 radical (unpaired) electrons. The molecular formula is C5H14ClNO3S. The Morgan fingerprint density at radius 3 is 2.36 bits per heavy atom. The van der Waals surface area contributed by atoms with Crippen molar-refractivity contribution in [3.05, 3.63) is 0 Å². The largest absolute Gasteiger partial charge is 0.301 e. The van der Waals surface area contributed by atoms with Gasteiger partial charge in [-0.15, -0.1) is 12.4 Å². The first kappa shape index (κ1) is 13.7. The van der Waals surface area contributed by atoms with Gasteiger partial charge < -0.3 is 4.84 Å². The Kier molecular flexibility index (Phi) is 8.54. The molecule has 0 unspecified atom stereocenters. The van der Waals surface area contributed by atoms with Crippen molar-refractivity contribution in [2.75, 3.05) is 25.2 Å². The summed E-state index contributed by atoms with van der Waals surface area (Å²) in [5.41, 5.74) is 2.56. The number of nitrogens with one attached hydrogen (secondary N) is 1. The quantitative estimate of drug-likeness (QED) is 0.505. The van der Waals surface area contributed by atoms with E-state index in [1.165, 1.54) is 6.26 Å². The van der Waals surface area contributed by atoms with E-state index in [1.54, 1.807) is 0 Å². The molecule has 0 heterocycles. The normalized spacial score (nSPS) is 10.7. The lowest BCUT2D eigenvalue weighted by atomic mass is 10.8. The summed E-state index contributed by atoms with van der Waals surface area (Å²) in [6.07, 6.45) is 1.18. The molecule has 0 aromatic rings. The molecule has 0 saturated heterocycles. The third-order valence-corrected chi connectivity index (χ3v) is 1.71. The molecule has 0 atom stereocenters. The molecule has 0 aliphatic rings. The van der Waals surface area contributed by atoms with Gasteiger partial charge in [-0.2, -0.15) is 0 Å². The number of sulfone groups is 1. The lowest BCUT2D eigenvalue weighted by Crippen LogP contribution is -2.19. The summed E-state index contributed by atoms with van der Waals surface area (Å²) in [5.74, 6) is 0.0694. The lowest BCUT2D eigenvalue weighted by molar-refractivity contribution is 0.0560. The second kappa shape index (κ2) is 6.84. The minimum absolute atomic E-state index is 0. The van der Waals surface area contributed by atoms with Crippen LogP contribution in [0, 0.1) is 0 Å². The predicted molar refractivity (Wildman–Crippen MR) is 46.6 cm³/mol. The number of hydrogen-bond donors (Lipinski definition) is 1. The summed E-state index contributed by atoms with van der Waals surface area (Å²) in [6.45, 7) is 2.77. The Morgan fingerprint density at radius 2 is 2.00 bits per heavy atom. The number of halogens is 1. The molecule has 0 bridgehead atoms. The Balaban J connectivity index is 0. The van der Waals surface area contributed by atoms with Crippen molar-refractivity contribution in [1.82, 2.24) is 5.48 Å². The molecular weight excluding hydrogens is 190 g/mol. The molecule has 6 heteroatoms. The highest BCUT2D eigenvalue weighted by Crippen LogP contribution is 1.80. The Bertz CT molecular complexity index is 169. The van der Waals surface area contributed by atoms with Crippen molar-refractivity contribution in [3.63, 3.8) is 0 Å². The van der Waals surface area contributed by atoms with E-state index in [1.807, 2.05) is 6.92 Å². The second-order valence-electron chi connectivity index (χ2n) is 1.98. The average Bonchev–Trinajstić information content (AvgIpc) is 1.78. The van der Waals surface area contributed by atoms with Crippen LogP contribution in [0.2, 0.25) is 0 Å². The molecule has 0 spiro atoms. The van der Waals surface area contributed by atoms with Crippen LogP contribution < -0.4 is 5.48 Å². The summed E-state index contributed by atoms with van der Waals surface area (Å²) >= 11 is 0. The van der Waals surface area contributed by atoms with Crippen LogP contribution in [-0.2, 0) is 14.7 Å². The topological polar surface area (TPSA) is 55.4 Å². The summed E-state index contributed by atoms with van der Waals surface area (Å²) in [4.78, 5) is 4.73. The lowest BCUT2D eigenvalue weighted by Gasteiger charge is -2.00. The molecule has 0 aromatic carbocycles. The van der Waals surface area contributed by atoms with Gasteiger partial charge in [-0.3, -0.25) is 0 Å². The summed E-state index contributed by atoms with van der Waals surface area (Å²) in [6, 6.07) is 0. The van der Waals surface area contributed by atoms with E-state index in [-0.39, 0.29) is 24.8 Å². The van der Waals surface area contributed by atoms with Crippen molar-refractivity contribution < 1.29 is 13.3 Å². The zero-order valence-electron chi connectivity index (χ0n) is 6.66. The van der Waals surface area contributed by atoms with E-state index in [0.717, 1.165) is 0 Å². The minimum atomic E-state index is -2.87. The molecule has 0 amide bonds. The SMILES string of the molecule is CCNOCCS(C)(=O)=O.Cl. The number of hydroxylamine groups is 1. The van der Waals surface area contributed by atoms with E-state index in [0.29, 0.717) is 6.54 Å². The van der Waals surface area contributed by atoms with Crippen LogP contribution in [0.25, 0.3) is 0 Å². The first-order valence-electron chi connectivity index (χ1n) is 3.08. The van der Waals surface area contributed by atoms with E-state index < -0.39 is 9.84 Å². The van der Waals surface area contributed by atoms with E-state index in [2.05, 4.69) is 5.48 Å². The molecule has 0 aromatic heterocycles. The average molecular weight is 204 g/mol. The van der Waals surface area contributed by atoms with Crippen molar-refractivity contribution in [2.45, 2.75) is 6.92 Å². The maximum Gasteiger partial charge on any atom is 0.149 e. The minimum Gasteiger partial charge on any atom is -0.301 e. The van der Waals surface area contributed by atoms with E-state index >= 15 is 0 Å². The Morgan fingerprint density at radius 1 is 1.45 bits per heavy atom. The van der Waals surface area contributed by atoms with Gasteiger partial charge in [0.2, 0.25) is 0 Å². The molecule has 1 N–H and O–H groups in total. The molecule has 0 aliphatic heterocycles. The van der Waals surface area contributed by atoms with Crippen LogP contribution >= 0.6 is 12.4 Å². The van der Waals surface area contributed by atoms with E-state index in [9.17, 15) is 8.42 Å². The number of hydrogen-bond acceptors (Lipinski definition) is 4. The molecule has 0 saturated carbocycles. The molecule has 0 aliphatic carbocycles. The van der Waals surface area contributed by atoms with Crippen LogP contribution in [0.4, 0.5) is 0 Å². The maximum absolute atomic E-state index is 10.5. The molecule has 0 rings (SSSR count). The van der Waals surface area contributed by atoms with Gasteiger partial charge in [-0.05, 0) is 0 Å². The monoisotopic (exact) mass is 203 g/mol. The highest BCUT2D eigenvalue weighted by atomic mass is 35.5. The zero-order valence-corrected chi connectivity index (χ0v) is 8.30. The fourth-order valence-electron chi connectivity index (χ4n) is 0.367. The second-order valence-corrected chi connectivity index (χ2v) is 4.24. The van der Waals surface area contributed by atoms with Crippen LogP contribution in [0.3, 0.4) is 0 Å². The fourth-order valence-corrected chi connectivity index (χ4v) is 0.753. The van der Waals surface area contributed by atoms with Gasteiger partial charge in [-0.25, -0.2) is 13.9 Å². The Hall–Kier alpha value is 0.160. The molecule has 11 heavy (non-hydrogen) atoms. The fraction of sp³-hybridized carbons (Fsp3) is 1.00. The summed E-state index contributed by atoms with van der Waals surface area (Å²) < 4.78 is 21.0. The van der Waals surface area contributed by atoms with Gasteiger partial charge in [0.15, 0.2) is 0 Å². The third-order valence-electron chi connectivity index (χ3n) is 0.803. The number of rotatable bonds is 5. The van der Waals surface area contributed by atoms with Crippen LogP contribution in [0.5, 0.6) is 0 Å². The van der Waals surface area contributed by atoms with Gasteiger partial charge >= 0.3 is 0 Å². The molecule has 4 nitrogen and oxygen atoms in total. The van der Waals surface area contributed by atoms with Gasteiger partial charge in [0, 0.05) is 12.8 Å². The zero-order chi connectivity index (χ0) is 8.04. The first-order valence-corrected chi connectivity index (χ1v) is 5.14. The van der Waals surface area contributed by atoms with Crippen LogP contribution in [-0.4, -0.2) is 33.6 Å². The Labute approximate surface area is 73.6 Å². The summed E-state index contributed by atoms with van der Waals surface area (Å²) in [5, 5.41) is 0. The predicted octanol–water partition coefficient (Wildman–Crippen LogP) is -0.00610. The standard InChI is InChI=1S/C5H13NO3S.ClH/c1-3-6-9-4-5-10(2,7)8;/h6H,3-5H2,1-2H3;1H. The van der Waals surface area contributed by atoms with Crippen molar-refractivity contribution in [1.29, 1.82) is 0 Å². The van der Waals surface area contributed by atoms with Crippen molar-refractivity contribution >= 4 is 22.2 Å². The van der Waals surface area contributed by atoms with Gasteiger partial charge in [-0.1, -0.05) is 6.92 Å². The van der Waals surface area contributed by atoms with Gasteiger partial charge in [0.1, 0.15) is 9.84 Å². The molecule has 70 valence electrons. The third kappa shape index (κ3) is 13.2. The van der Waals surface area contributed by atoms with Crippen LogP contribution in [0.1, 0.15) is 6.92 Å². The maximum atomic E-state index is 10.5. The van der Waals surface area contributed by atoms with Gasteiger partial charge in [0.25, 0.3) is 0 Å². The van der Waals surface area contributed by atoms with E-state index in [4.69, 9.17) is 4.84 Å². The molecule has 0 fully saturated rings. The van der Waals surface area contributed by atoms with Crippen molar-refractivity contribution in [2.24, 2.45) is 0 Å². The highest BCUT2D eigenvalue weighted by molar-refractivity contribution is 7.90. The van der Waals surface area contributed by atoms with Gasteiger partial charge in [0.05, 0.1) is 12.4 Å².